The van der Waals surface area contributed by atoms with E-state index in [2.05, 4.69) is 10.3 Å². The molecule has 0 atom stereocenters. The highest BCUT2D eigenvalue weighted by Crippen LogP contribution is 2.45. The molecule has 25 heavy (non-hydrogen) atoms. The van der Waals surface area contributed by atoms with Gasteiger partial charge in [0.2, 0.25) is 6.41 Å². The van der Waals surface area contributed by atoms with Crippen LogP contribution in [0, 0.1) is 17.5 Å². The molecule has 4 rings (SSSR count). The molecule has 6 heteroatoms. The van der Waals surface area contributed by atoms with E-state index in [9.17, 15) is 18.0 Å². The predicted molar refractivity (Wildman–Crippen MR) is 88.6 cm³/mol. The smallest absolute Gasteiger partial charge is 0.207 e. The summed E-state index contributed by atoms with van der Waals surface area (Å²) in [6.07, 6.45) is 2.05. The fourth-order valence-electron chi connectivity index (χ4n) is 3.59. The molecule has 2 aromatic carbocycles. The molecule has 1 aromatic heterocycles. The number of amides is 1. The summed E-state index contributed by atoms with van der Waals surface area (Å²) in [4.78, 5) is 13.6. The van der Waals surface area contributed by atoms with Crippen LogP contribution < -0.4 is 5.32 Å². The van der Waals surface area contributed by atoms with E-state index in [4.69, 9.17) is 0 Å². The maximum atomic E-state index is 14.2. The van der Waals surface area contributed by atoms with E-state index >= 15 is 0 Å². The van der Waals surface area contributed by atoms with Gasteiger partial charge in [-0.15, -0.1) is 0 Å². The molecular weight excluding hydrogens is 329 g/mol. The average Bonchev–Trinajstić information content (AvgIpc) is 2.90. The minimum absolute atomic E-state index is 0.0620. The Bertz CT molecular complexity index is 943. The Morgan fingerprint density at radius 3 is 2.44 bits per heavy atom. The second kappa shape index (κ2) is 5.95. The molecule has 1 aliphatic rings. The third-order valence-electron chi connectivity index (χ3n) is 4.85. The Balaban J connectivity index is 1.86. The topological polar surface area (TPSA) is 44.9 Å². The lowest BCUT2D eigenvalue weighted by atomic mass is 9.74. The highest BCUT2D eigenvalue weighted by molar-refractivity contribution is 5.92. The molecule has 1 heterocycles. The number of benzene rings is 2. The van der Waals surface area contributed by atoms with Crippen LogP contribution in [0.15, 0.2) is 36.4 Å². The van der Waals surface area contributed by atoms with Gasteiger partial charge in [-0.05, 0) is 60.2 Å². The van der Waals surface area contributed by atoms with E-state index in [-0.39, 0.29) is 23.3 Å². The quantitative estimate of drug-likeness (QED) is 0.683. The zero-order valence-corrected chi connectivity index (χ0v) is 13.2. The third-order valence-corrected chi connectivity index (χ3v) is 4.85. The van der Waals surface area contributed by atoms with Gasteiger partial charge in [0.1, 0.15) is 17.5 Å². The molecule has 0 bridgehead atoms. The van der Waals surface area contributed by atoms with E-state index in [0.29, 0.717) is 35.9 Å². The van der Waals surface area contributed by atoms with Crippen molar-refractivity contribution in [1.82, 2.24) is 10.3 Å². The molecule has 0 spiro atoms. The summed E-state index contributed by atoms with van der Waals surface area (Å²) in [6.45, 7) is 0. The molecule has 2 N–H and O–H groups in total. The van der Waals surface area contributed by atoms with Gasteiger partial charge in [0, 0.05) is 17.5 Å². The van der Waals surface area contributed by atoms with Gasteiger partial charge in [0.25, 0.3) is 0 Å². The van der Waals surface area contributed by atoms with Crippen molar-refractivity contribution in [3.05, 3.63) is 59.4 Å². The third kappa shape index (κ3) is 2.67. The molecule has 0 saturated heterocycles. The lowest BCUT2D eigenvalue weighted by Gasteiger charge is -2.35. The Hall–Kier alpha value is -2.76. The average molecular weight is 344 g/mol. The second-order valence-electron chi connectivity index (χ2n) is 6.38. The molecule has 0 radical (unpaired) electrons. The highest BCUT2D eigenvalue weighted by atomic mass is 19.1. The zero-order chi connectivity index (χ0) is 17.6. The maximum absolute atomic E-state index is 14.2. The highest BCUT2D eigenvalue weighted by Gasteiger charge is 2.34. The van der Waals surface area contributed by atoms with Gasteiger partial charge in [-0.2, -0.15) is 0 Å². The molecule has 1 aliphatic carbocycles. The number of aromatic nitrogens is 1. The van der Waals surface area contributed by atoms with Crippen molar-refractivity contribution < 1.29 is 18.0 Å². The van der Waals surface area contributed by atoms with Gasteiger partial charge in [0.05, 0.1) is 11.2 Å². The van der Waals surface area contributed by atoms with Crippen LogP contribution in [0.5, 0.6) is 0 Å². The van der Waals surface area contributed by atoms with Gasteiger partial charge < -0.3 is 10.3 Å². The van der Waals surface area contributed by atoms with E-state index < -0.39 is 11.6 Å². The zero-order valence-electron chi connectivity index (χ0n) is 13.2. The first-order valence-electron chi connectivity index (χ1n) is 8.03. The number of hydrogen-bond acceptors (Lipinski definition) is 1. The summed E-state index contributed by atoms with van der Waals surface area (Å²) in [6, 6.07) is 8.10. The SMILES string of the molecule is O=CN[C@H]1C[C@@H](c2c(-c3ccc(F)cc3)[nH]c3c(F)cc(F)cc32)C1. The van der Waals surface area contributed by atoms with Crippen LogP contribution in [0.4, 0.5) is 13.2 Å². The normalized spacial score (nSPS) is 19.6. The Morgan fingerprint density at radius 2 is 1.76 bits per heavy atom. The van der Waals surface area contributed by atoms with Crippen LogP contribution in [0.1, 0.15) is 24.3 Å². The molecule has 128 valence electrons. The van der Waals surface area contributed by atoms with Gasteiger partial charge in [-0.1, -0.05) is 0 Å². The first kappa shape index (κ1) is 15.7. The number of carbonyl (C=O) groups is 1. The number of H-pyrrole nitrogens is 1. The summed E-state index contributed by atoms with van der Waals surface area (Å²) in [5, 5.41) is 3.21. The molecular formula is C19H15F3N2O. The van der Waals surface area contributed by atoms with Crippen molar-refractivity contribution in [2.24, 2.45) is 0 Å². The van der Waals surface area contributed by atoms with Crippen molar-refractivity contribution in [1.29, 1.82) is 0 Å². The number of carbonyl (C=O) groups excluding carboxylic acids is 1. The maximum Gasteiger partial charge on any atom is 0.207 e. The van der Waals surface area contributed by atoms with Gasteiger partial charge in [0.15, 0.2) is 0 Å². The van der Waals surface area contributed by atoms with Gasteiger partial charge in [-0.25, -0.2) is 13.2 Å². The summed E-state index contributed by atoms with van der Waals surface area (Å²) in [7, 11) is 0. The van der Waals surface area contributed by atoms with E-state index in [1.54, 1.807) is 12.1 Å². The minimum Gasteiger partial charge on any atom is -0.356 e. The summed E-state index contributed by atoms with van der Waals surface area (Å²) in [5.74, 6) is -1.60. The monoisotopic (exact) mass is 344 g/mol. The fourth-order valence-corrected chi connectivity index (χ4v) is 3.59. The van der Waals surface area contributed by atoms with E-state index in [1.807, 2.05) is 0 Å². The Kier molecular flexibility index (Phi) is 3.75. The largest absolute Gasteiger partial charge is 0.356 e. The van der Waals surface area contributed by atoms with Crippen molar-refractivity contribution in [3.8, 4) is 11.3 Å². The lowest BCUT2D eigenvalue weighted by Crippen LogP contribution is -2.39. The molecule has 3 aromatic rings. The van der Waals surface area contributed by atoms with E-state index in [0.717, 1.165) is 11.6 Å². The second-order valence-corrected chi connectivity index (χ2v) is 6.38. The van der Waals surface area contributed by atoms with Crippen molar-refractivity contribution in [3.63, 3.8) is 0 Å². The summed E-state index contributed by atoms with van der Waals surface area (Å²) < 4.78 is 41.2. The van der Waals surface area contributed by atoms with Crippen molar-refractivity contribution in [2.45, 2.75) is 24.8 Å². The molecule has 1 fully saturated rings. The van der Waals surface area contributed by atoms with Crippen LogP contribution in [0.2, 0.25) is 0 Å². The van der Waals surface area contributed by atoms with E-state index in [1.165, 1.54) is 18.2 Å². The number of hydrogen-bond donors (Lipinski definition) is 2. The minimum atomic E-state index is -0.661. The van der Waals surface area contributed by atoms with Gasteiger partial charge >= 0.3 is 0 Å². The molecule has 1 amide bonds. The number of halogens is 3. The van der Waals surface area contributed by atoms with Crippen LogP contribution in [0.3, 0.4) is 0 Å². The Morgan fingerprint density at radius 1 is 1.04 bits per heavy atom. The van der Waals surface area contributed by atoms with Gasteiger partial charge in [-0.3, -0.25) is 4.79 Å². The Labute approximate surface area is 141 Å². The number of aromatic amines is 1. The van der Waals surface area contributed by atoms with Crippen LogP contribution in [-0.4, -0.2) is 17.4 Å². The van der Waals surface area contributed by atoms with Crippen molar-refractivity contribution in [2.75, 3.05) is 0 Å². The molecule has 0 aliphatic heterocycles. The molecule has 0 unspecified atom stereocenters. The number of nitrogens with one attached hydrogen (secondary N) is 2. The first-order chi connectivity index (χ1) is 12.1. The fraction of sp³-hybridized carbons (Fsp3) is 0.211. The summed E-state index contributed by atoms with van der Waals surface area (Å²) >= 11 is 0. The van der Waals surface area contributed by atoms with Crippen LogP contribution >= 0.6 is 0 Å². The van der Waals surface area contributed by atoms with Crippen LogP contribution in [0.25, 0.3) is 22.2 Å². The van der Waals surface area contributed by atoms with Crippen molar-refractivity contribution >= 4 is 17.3 Å². The number of fused-ring (bicyclic) bond motifs is 1. The molecule has 3 nitrogen and oxygen atoms in total. The number of rotatable bonds is 4. The molecule has 1 saturated carbocycles. The lowest BCUT2D eigenvalue weighted by molar-refractivity contribution is -0.110. The first-order valence-corrected chi connectivity index (χ1v) is 8.03. The predicted octanol–water partition coefficient (Wildman–Crippen LogP) is 4.24. The summed E-state index contributed by atoms with van der Waals surface area (Å²) in [5.41, 5.74) is 2.42. The standard InChI is InChI=1S/C19H15F3N2O/c20-12-3-1-10(2-4-12)18-17(11-5-14(6-11)23-9-25)15-7-13(21)8-16(22)19(15)24-18/h1-4,7-9,11,14,24H,5-6H2,(H,23,25)/t11-,14+. The van der Waals surface area contributed by atoms with Crippen LogP contribution in [-0.2, 0) is 4.79 Å².